The highest BCUT2D eigenvalue weighted by Gasteiger charge is 2.26. The van der Waals surface area contributed by atoms with Crippen LogP contribution in [0.1, 0.15) is 11.3 Å². The first-order valence-electron chi connectivity index (χ1n) is 6.81. The fourth-order valence-electron chi connectivity index (χ4n) is 1.97. The van der Waals surface area contributed by atoms with E-state index < -0.39 is 27.8 Å². The second kappa shape index (κ2) is 6.88. The Bertz CT molecular complexity index is 790. The highest BCUT2D eigenvalue weighted by atomic mass is 32.2. The number of benzene rings is 1. The summed E-state index contributed by atoms with van der Waals surface area (Å²) in [6, 6.07) is 2.54. The predicted octanol–water partition coefficient (Wildman–Crippen LogP) is 0.493. The Morgan fingerprint density at radius 2 is 2.17 bits per heavy atom. The zero-order valence-corrected chi connectivity index (χ0v) is 13.4. The topological polar surface area (TPSA) is 104 Å². The van der Waals surface area contributed by atoms with E-state index in [4.69, 9.17) is 0 Å². The molecule has 0 aliphatic heterocycles. The highest BCUT2D eigenvalue weighted by Crippen LogP contribution is 2.15. The molecule has 2 rings (SSSR count). The van der Waals surface area contributed by atoms with Crippen LogP contribution >= 0.6 is 0 Å². The molecule has 0 saturated heterocycles. The van der Waals surface area contributed by atoms with E-state index in [1.165, 1.54) is 38.6 Å². The number of hydrogen-bond acceptors (Lipinski definition) is 4. The molecule has 124 valence electrons. The maximum absolute atomic E-state index is 13.6. The third-order valence-electron chi connectivity index (χ3n) is 3.29. The van der Waals surface area contributed by atoms with Gasteiger partial charge in [-0.3, -0.25) is 4.79 Å². The number of halogens is 1. The standard InChI is InChI=1S/C14H17FN4O3S/c1-9-3-4-11(6-12(9)15)23(21,22)19-13(14(20)16-2)5-10-7-17-8-18-10/h3-4,6-8,13,19H,5H2,1-2H3,(H,16,20)(H,17,18)/t13-/m0/s1. The van der Waals surface area contributed by atoms with Crippen molar-refractivity contribution in [1.82, 2.24) is 20.0 Å². The van der Waals surface area contributed by atoms with Crippen molar-refractivity contribution in [3.05, 3.63) is 47.8 Å². The van der Waals surface area contributed by atoms with Gasteiger partial charge >= 0.3 is 0 Å². The molecule has 1 amide bonds. The Kier molecular flexibility index (Phi) is 5.12. The van der Waals surface area contributed by atoms with Gasteiger partial charge in [-0.15, -0.1) is 0 Å². The van der Waals surface area contributed by atoms with E-state index in [-0.39, 0.29) is 11.3 Å². The quantitative estimate of drug-likeness (QED) is 0.712. The molecule has 0 saturated carbocycles. The number of carbonyl (C=O) groups is 1. The zero-order valence-electron chi connectivity index (χ0n) is 12.6. The van der Waals surface area contributed by atoms with E-state index in [2.05, 4.69) is 20.0 Å². The zero-order chi connectivity index (χ0) is 17.0. The summed E-state index contributed by atoms with van der Waals surface area (Å²) in [5.41, 5.74) is 0.931. The van der Waals surface area contributed by atoms with Gasteiger partial charge in [0, 0.05) is 25.4 Å². The number of nitrogens with one attached hydrogen (secondary N) is 3. The van der Waals surface area contributed by atoms with Crippen LogP contribution in [0, 0.1) is 12.7 Å². The van der Waals surface area contributed by atoms with Gasteiger partial charge in [-0.05, 0) is 24.6 Å². The smallest absolute Gasteiger partial charge is 0.241 e. The molecule has 0 radical (unpaired) electrons. The highest BCUT2D eigenvalue weighted by molar-refractivity contribution is 7.89. The Labute approximate surface area is 133 Å². The molecule has 23 heavy (non-hydrogen) atoms. The molecular weight excluding hydrogens is 323 g/mol. The maximum Gasteiger partial charge on any atom is 0.241 e. The summed E-state index contributed by atoms with van der Waals surface area (Å²) < 4.78 is 40.6. The molecule has 1 aromatic carbocycles. The molecule has 3 N–H and O–H groups in total. The van der Waals surface area contributed by atoms with Crippen LogP contribution in [0.4, 0.5) is 4.39 Å². The molecule has 0 fully saturated rings. The minimum atomic E-state index is -4.04. The molecule has 7 nitrogen and oxygen atoms in total. The second-order valence-electron chi connectivity index (χ2n) is 4.98. The number of aromatic nitrogens is 2. The van der Waals surface area contributed by atoms with Crippen molar-refractivity contribution in [2.45, 2.75) is 24.3 Å². The van der Waals surface area contributed by atoms with Crippen LogP contribution in [0.15, 0.2) is 35.6 Å². The van der Waals surface area contributed by atoms with Crippen LogP contribution in [0.25, 0.3) is 0 Å². The average Bonchev–Trinajstić information content (AvgIpc) is 3.01. The second-order valence-corrected chi connectivity index (χ2v) is 6.69. The Morgan fingerprint density at radius 1 is 1.43 bits per heavy atom. The Morgan fingerprint density at radius 3 is 2.74 bits per heavy atom. The van der Waals surface area contributed by atoms with E-state index in [1.807, 2.05) is 0 Å². The van der Waals surface area contributed by atoms with E-state index >= 15 is 0 Å². The fourth-order valence-corrected chi connectivity index (χ4v) is 3.18. The van der Waals surface area contributed by atoms with Crippen molar-refractivity contribution >= 4 is 15.9 Å². The Balaban J connectivity index is 2.26. The third-order valence-corrected chi connectivity index (χ3v) is 4.76. The van der Waals surface area contributed by atoms with Gasteiger partial charge < -0.3 is 10.3 Å². The molecule has 0 aliphatic carbocycles. The van der Waals surface area contributed by atoms with Gasteiger partial charge in [-0.25, -0.2) is 17.8 Å². The summed E-state index contributed by atoms with van der Waals surface area (Å²) >= 11 is 0. The molecule has 9 heteroatoms. The molecule has 2 aromatic rings. The van der Waals surface area contributed by atoms with Crippen molar-refractivity contribution in [2.24, 2.45) is 0 Å². The maximum atomic E-state index is 13.6. The normalized spacial score (nSPS) is 12.8. The lowest BCUT2D eigenvalue weighted by molar-refractivity contribution is -0.122. The summed E-state index contributed by atoms with van der Waals surface area (Å²) in [4.78, 5) is 18.3. The first-order valence-corrected chi connectivity index (χ1v) is 8.29. The van der Waals surface area contributed by atoms with Crippen LogP contribution in [-0.2, 0) is 21.2 Å². The molecule has 0 bridgehead atoms. The summed E-state index contributed by atoms with van der Waals surface area (Å²) in [5, 5.41) is 2.40. The van der Waals surface area contributed by atoms with Crippen LogP contribution in [0.5, 0.6) is 0 Å². The number of sulfonamides is 1. The van der Waals surface area contributed by atoms with Crippen LogP contribution in [0.2, 0.25) is 0 Å². The number of carbonyl (C=O) groups excluding carboxylic acids is 1. The van der Waals surface area contributed by atoms with Gasteiger partial charge in [-0.1, -0.05) is 6.07 Å². The van der Waals surface area contributed by atoms with E-state index in [0.717, 1.165) is 6.07 Å². The number of H-pyrrole nitrogens is 1. The van der Waals surface area contributed by atoms with Gasteiger partial charge in [-0.2, -0.15) is 4.72 Å². The van der Waals surface area contributed by atoms with E-state index in [1.54, 1.807) is 0 Å². The first-order chi connectivity index (χ1) is 10.8. The van der Waals surface area contributed by atoms with Gasteiger partial charge in [0.25, 0.3) is 0 Å². The fraction of sp³-hybridized carbons (Fsp3) is 0.286. The molecule has 0 aliphatic rings. The molecular formula is C14H17FN4O3S. The summed E-state index contributed by atoms with van der Waals surface area (Å²) in [5.74, 6) is -1.13. The van der Waals surface area contributed by atoms with Crippen LogP contribution in [-0.4, -0.2) is 37.4 Å². The summed E-state index contributed by atoms with van der Waals surface area (Å²) in [6.45, 7) is 1.53. The predicted molar refractivity (Wildman–Crippen MR) is 81.6 cm³/mol. The average molecular weight is 340 g/mol. The van der Waals surface area contributed by atoms with E-state index in [0.29, 0.717) is 11.3 Å². The van der Waals surface area contributed by atoms with Crippen molar-refractivity contribution < 1.29 is 17.6 Å². The van der Waals surface area contributed by atoms with E-state index in [9.17, 15) is 17.6 Å². The number of amides is 1. The van der Waals surface area contributed by atoms with Crippen molar-refractivity contribution in [1.29, 1.82) is 0 Å². The molecule has 1 heterocycles. The number of aryl methyl sites for hydroxylation is 1. The SMILES string of the molecule is CNC(=O)[C@H](Cc1cnc[nH]1)NS(=O)(=O)c1ccc(C)c(F)c1. The minimum Gasteiger partial charge on any atom is -0.358 e. The number of imidazole rings is 1. The summed E-state index contributed by atoms with van der Waals surface area (Å²) in [7, 11) is -2.64. The molecule has 1 atom stereocenters. The van der Waals surface area contributed by atoms with Crippen molar-refractivity contribution in [3.8, 4) is 0 Å². The minimum absolute atomic E-state index is 0.0905. The molecule has 1 aromatic heterocycles. The van der Waals surface area contributed by atoms with Crippen molar-refractivity contribution in [2.75, 3.05) is 7.05 Å². The molecule has 0 spiro atoms. The van der Waals surface area contributed by atoms with Gasteiger partial charge in [0.15, 0.2) is 0 Å². The van der Waals surface area contributed by atoms with Gasteiger partial charge in [0.1, 0.15) is 11.9 Å². The number of hydrogen-bond donors (Lipinski definition) is 3. The monoisotopic (exact) mass is 340 g/mol. The first kappa shape index (κ1) is 17.1. The lowest BCUT2D eigenvalue weighted by atomic mass is 10.2. The third kappa shape index (κ3) is 4.14. The Hall–Kier alpha value is -2.26. The number of nitrogens with zero attached hydrogens (tertiary/aromatic N) is 1. The van der Waals surface area contributed by atoms with Crippen molar-refractivity contribution in [3.63, 3.8) is 0 Å². The molecule has 0 unspecified atom stereocenters. The lowest BCUT2D eigenvalue weighted by Gasteiger charge is -2.17. The number of aromatic amines is 1. The number of rotatable bonds is 6. The van der Waals surface area contributed by atoms with Gasteiger partial charge in [0.2, 0.25) is 15.9 Å². The van der Waals surface area contributed by atoms with Crippen LogP contribution in [0.3, 0.4) is 0 Å². The van der Waals surface area contributed by atoms with Crippen LogP contribution < -0.4 is 10.0 Å². The lowest BCUT2D eigenvalue weighted by Crippen LogP contribution is -2.47. The largest absolute Gasteiger partial charge is 0.358 e. The van der Waals surface area contributed by atoms with Gasteiger partial charge in [0.05, 0.1) is 11.2 Å². The number of likely N-dealkylation sites (N-methyl/N-ethyl adjacent to an activating group) is 1. The summed E-state index contributed by atoms with van der Waals surface area (Å²) in [6.07, 6.45) is 3.02.